The molecule has 0 saturated carbocycles. The van der Waals surface area contributed by atoms with Crippen LogP contribution >= 0.6 is 11.8 Å². The molecule has 0 spiro atoms. The molecule has 2 aromatic carbocycles. The van der Waals surface area contributed by atoms with Crippen molar-refractivity contribution in [2.45, 2.75) is 4.90 Å². The fourth-order valence-electron chi connectivity index (χ4n) is 3.10. The molecule has 0 fully saturated rings. The van der Waals surface area contributed by atoms with Gasteiger partial charge in [-0.25, -0.2) is 9.50 Å². The number of rotatable bonds is 6. The van der Waals surface area contributed by atoms with E-state index in [0.717, 1.165) is 16.9 Å². The molecule has 0 aliphatic heterocycles. The lowest BCUT2D eigenvalue weighted by molar-refractivity contribution is 0.395. The Labute approximate surface area is 172 Å². The normalized spacial score (nSPS) is 10.7. The van der Waals surface area contributed by atoms with Crippen molar-refractivity contribution in [3.05, 3.63) is 54.2 Å². The van der Waals surface area contributed by atoms with Crippen LogP contribution in [0.15, 0.2) is 53.6 Å². The van der Waals surface area contributed by atoms with Crippen molar-refractivity contribution >= 4 is 28.9 Å². The fourth-order valence-corrected chi connectivity index (χ4v) is 3.51. The van der Waals surface area contributed by atoms with Gasteiger partial charge in [0.2, 0.25) is 0 Å². The first-order chi connectivity index (χ1) is 14.2. The molecule has 0 bridgehead atoms. The molecule has 2 heterocycles. The number of aromatic nitrogens is 3. The van der Waals surface area contributed by atoms with Gasteiger partial charge in [0.25, 0.3) is 0 Å². The highest BCUT2D eigenvalue weighted by Crippen LogP contribution is 2.36. The van der Waals surface area contributed by atoms with Gasteiger partial charge in [0.15, 0.2) is 11.5 Å². The van der Waals surface area contributed by atoms with Crippen LogP contribution < -0.4 is 14.8 Å². The molecule has 0 aliphatic rings. The summed E-state index contributed by atoms with van der Waals surface area (Å²) in [5.41, 5.74) is 3.47. The molecule has 0 unspecified atom stereocenters. The Kier molecular flexibility index (Phi) is 5.06. The molecule has 0 radical (unpaired) electrons. The number of hydrogen-bond acceptors (Lipinski definition) is 6. The molecule has 2 N–H and O–H groups in total. The van der Waals surface area contributed by atoms with E-state index in [-0.39, 0.29) is 0 Å². The van der Waals surface area contributed by atoms with E-state index in [1.54, 1.807) is 36.7 Å². The van der Waals surface area contributed by atoms with Crippen molar-refractivity contribution in [3.63, 3.8) is 0 Å². The summed E-state index contributed by atoms with van der Waals surface area (Å²) in [4.78, 5) is 5.90. The highest BCUT2D eigenvalue weighted by atomic mass is 32.2. The van der Waals surface area contributed by atoms with Crippen molar-refractivity contribution in [1.82, 2.24) is 14.6 Å². The second-order valence-corrected chi connectivity index (χ2v) is 7.07. The third kappa shape index (κ3) is 3.37. The van der Waals surface area contributed by atoms with E-state index in [1.165, 1.54) is 4.90 Å². The van der Waals surface area contributed by atoms with Gasteiger partial charge in [-0.3, -0.25) is 5.10 Å². The van der Waals surface area contributed by atoms with Crippen LogP contribution in [0.1, 0.15) is 5.56 Å². The van der Waals surface area contributed by atoms with Crippen molar-refractivity contribution in [2.75, 3.05) is 25.8 Å². The molecule has 4 rings (SSSR count). The lowest BCUT2D eigenvalue weighted by atomic mass is 10.1. The van der Waals surface area contributed by atoms with Gasteiger partial charge in [-0.2, -0.15) is 5.26 Å². The summed E-state index contributed by atoms with van der Waals surface area (Å²) in [5.74, 6) is 2.04. The number of nitrogens with one attached hydrogen (secondary N) is 2. The van der Waals surface area contributed by atoms with Crippen LogP contribution in [0, 0.1) is 11.3 Å². The maximum Gasteiger partial charge on any atom is 0.173 e. The second-order valence-electron chi connectivity index (χ2n) is 6.19. The maximum atomic E-state index is 9.41. The van der Waals surface area contributed by atoms with Gasteiger partial charge in [-0.15, -0.1) is 11.8 Å². The number of anilines is 2. The average molecular weight is 405 g/mol. The topological polar surface area (TPSA) is 87.4 Å². The van der Waals surface area contributed by atoms with Gasteiger partial charge >= 0.3 is 0 Å². The lowest BCUT2D eigenvalue weighted by Gasteiger charge is -2.13. The summed E-state index contributed by atoms with van der Waals surface area (Å²) in [5, 5.41) is 15.9. The molecule has 29 heavy (non-hydrogen) atoms. The van der Waals surface area contributed by atoms with Gasteiger partial charge in [-0.1, -0.05) is 12.1 Å². The van der Waals surface area contributed by atoms with E-state index in [1.807, 2.05) is 36.6 Å². The number of hydrogen-bond donors (Lipinski definition) is 2. The smallest absolute Gasteiger partial charge is 0.173 e. The number of H-pyrrole nitrogens is 1. The first-order valence-corrected chi connectivity index (χ1v) is 10.0. The Morgan fingerprint density at radius 3 is 2.59 bits per heavy atom. The lowest BCUT2D eigenvalue weighted by Crippen LogP contribution is -2.00. The Morgan fingerprint density at radius 1 is 1.14 bits per heavy atom. The molecule has 8 heteroatoms. The standard InChI is InChI=1S/C21H19N5O2S/c1-27-15-6-9-17(18(10-15)28-2)24-21-19(13-4-7-16(29-3)8-5-13)25-20-14(11-22)12-23-26(20)21/h4-10,12,23-24H,1-3H3. The third-order valence-electron chi connectivity index (χ3n) is 4.60. The van der Waals surface area contributed by atoms with Crippen molar-refractivity contribution in [3.8, 4) is 28.8 Å². The van der Waals surface area contributed by atoms with Crippen molar-refractivity contribution in [1.29, 1.82) is 5.26 Å². The third-order valence-corrected chi connectivity index (χ3v) is 5.35. The Hall–Kier alpha value is -3.57. The minimum Gasteiger partial charge on any atom is -0.497 e. The summed E-state index contributed by atoms with van der Waals surface area (Å²) < 4.78 is 12.6. The zero-order chi connectivity index (χ0) is 20.4. The molecule has 0 atom stereocenters. The minimum absolute atomic E-state index is 0.474. The van der Waals surface area contributed by atoms with E-state index in [4.69, 9.17) is 14.5 Å². The highest BCUT2D eigenvalue weighted by Gasteiger charge is 2.19. The van der Waals surface area contributed by atoms with Crippen LogP contribution in [-0.4, -0.2) is 35.1 Å². The molecule has 7 nitrogen and oxygen atoms in total. The SMILES string of the molecule is COc1ccc(Nc2c(-c3ccc(SC)cc3)nc3c(C#N)c[nH]n23)c(OC)c1. The van der Waals surface area contributed by atoms with Crippen molar-refractivity contribution in [2.24, 2.45) is 0 Å². The number of fused-ring (bicyclic) bond motifs is 1. The Bertz CT molecular complexity index is 1200. The van der Waals surface area contributed by atoms with Crippen LogP contribution in [-0.2, 0) is 0 Å². The van der Waals surface area contributed by atoms with Gasteiger partial charge in [0.1, 0.15) is 28.8 Å². The summed E-state index contributed by atoms with van der Waals surface area (Å²) >= 11 is 1.68. The predicted octanol–water partition coefficient (Wildman–Crippen LogP) is 4.68. The molecule has 146 valence electrons. The van der Waals surface area contributed by atoms with Crippen LogP contribution in [0.2, 0.25) is 0 Å². The molecule has 0 aliphatic carbocycles. The Morgan fingerprint density at radius 2 is 1.93 bits per heavy atom. The number of ether oxygens (including phenoxy) is 2. The monoisotopic (exact) mass is 405 g/mol. The number of nitrogens with zero attached hydrogens (tertiary/aromatic N) is 3. The number of nitriles is 1. The number of methoxy groups -OCH3 is 2. The number of benzene rings is 2. The summed E-state index contributed by atoms with van der Waals surface area (Å²) in [6.45, 7) is 0. The quantitative estimate of drug-likeness (QED) is 0.453. The number of aromatic amines is 1. The zero-order valence-corrected chi connectivity index (χ0v) is 17.0. The average Bonchev–Trinajstić information content (AvgIpc) is 3.33. The molecule has 0 saturated heterocycles. The first-order valence-electron chi connectivity index (χ1n) is 8.82. The summed E-state index contributed by atoms with van der Waals surface area (Å²) in [6.07, 6.45) is 3.68. The van der Waals surface area contributed by atoms with E-state index in [0.29, 0.717) is 28.5 Å². The largest absolute Gasteiger partial charge is 0.497 e. The minimum atomic E-state index is 0.474. The summed E-state index contributed by atoms with van der Waals surface area (Å²) in [6, 6.07) is 15.9. The van der Waals surface area contributed by atoms with E-state index in [9.17, 15) is 5.26 Å². The van der Waals surface area contributed by atoms with Crippen molar-refractivity contribution < 1.29 is 9.47 Å². The van der Waals surface area contributed by atoms with Crippen LogP contribution in [0.3, 0.4) is 0 Å². The zero-order valence-electron chi connectivity index (χ0n) is 16.2. The maximum absolute atomic E-state index is 9.41. The number of imidazole rings is 1. The second kappa shape index (κ2) is 7.81. The summed E-state index contributed by atoms with van der Waals surface area (Å²) in [7, 11) is 3.22. The van der Waals surface area contributed by atoms with Gasteiger partial charge in [-0.05, 0) is 30.5 Å². The number of thioether (sulfide) groups is 1. The fraction of sp³-hybridized carbons (Fsp3) is 0.143. The Balaban J connectivity index is 1.86. The van der Waals surface area contributed by atoms with E-state index in [2.05, 4.69) is 28.6 Å². The molecular formula is C21H19N5O2S. The molecule has 2 aromatic heterocycles. The highest BCUT2D eigenvalue weighted by molar-refractivity contribution is 7.98. The van der Waals surface area contributed by atoms with Gasteiger partial charge in [0, 0.05) is 22.7 Å². The molecule has 0 amide bonds. The van der Waals surface area contributed by atoms with Crippen LogP contribution in [0.5, 0.6) is 11.5 Å². The van der Waals surface area contributed by atoms with E-state index >= 15 is 0 Å². The van der Waals surface area contributed by atoms with Gasteiger partial charge < -0.3 is 14.8 Å². The molecule has 4 aromatic rings. The first kappa shape index (κ1) is 18.8. The van der Waals surface area contributed by atoms with Gasteiger partial charge in [0.05, 0.1) is 19.9 Å². The van der Waals surface area contributed by atoms with Crippen LogP contribution in [0.25, 0.3) is 16.9 Å². The van der Waals surface area contributed by atoms with E-state index < -0.39 is 0 Å². The van der Waals surface area contributed by atoms with Crippen LogP contribution in [0.4, 0.5) is 11.5 Å². The molecular weight excluding hydrogens is 386 g/mol. The predicted molar refractivity (Wildman–Crippen MR) is 114 cm³/mol.